The van der Waals surface area contributed by atoms with Crippen LogP contribution in [-0.2, 0) is 34.0 Å². The number of anilines is 2. The molecule has 0 radical (unpaired) electrons. The summed E-state index contributed by atoms with van der Waals surface area (Å²) in [7, 11) is -4.64. The highest BCUT2D eigenvalue weighted by molar-refractivity contribution is 7.90. The minimum absolute atomic E-state index is 0.0866. The number of alkyl halides is 3. The molecule has 3 aromatic rings. The van der Waals surface area contributed by atoms with Crippen molar-refractivity contribution in [1.82, 2.24) is 19.6 Å². The number of aromatic nitrogens is 2. The van der Waals surface area contributed by atoms with Crippen molar-refractivity contribution in [3.05, 3.63) is 86.9 Å². The van der Waals surface area contributed by atoms with E-state index in [2.05, 4.69) is 27.5 Å². The number of sulfonamides is 1. The molecule has 1 saturated carbocycles. The van der Waals surface area contributed by atoms with Crippen LogP contribution in [0.4, 0.5) is 29.5 Å². The molecule has 4 rings (SSSR count). The minimum Gasteiger partial charge on any atom is -0.333 e. The lowest BCUT2D eigenvalue weighted by atomic mass is 9.86. The largest absolute Gasteiger partial charge is 0.416 e. The fourth-order valence-electron chi connectivity index (χ4n) is 5.74. The lowest BCUT2D eigenvalue weighted by molar-refractivity contribution is -0.137. The molecule has 280 valence electrons. The van der Waals surface area contributed by atoms with Crippen LogP contribution in [0.25, 0.3) is 6.08 Å². The quantitative estimate of drug-likeness (QED) is 0.168. The highest BCUT2D eigenvalue weighted by Gasteiger charge is 2.31. The van der Waals surface area contributed by atoms with Crippen LogP contribution in [0, 0.1) is 5.92 Å². The number of benzene rings is 2. The van der Waals surface area contributed by atoms with Crippen LogP contribution in [0.3, 0.4) is 0 Å². The second-order valence-electron chi connectivity index (χ2n) is 13.5. The monoisotopic (exact) mass is 764 g/mol. The van der Waals surface area contributed by atoms with Crippen LogP contribution in [0.5, 0.6) is 0 Å². The number of nitrogens with one attached hydrogen (secondary N) is 4. The number of halogens is 4. The standard InChI is InChI=1S/C35H40ClF3N6O6S/c1-5-21-11-17-25(31(47)44-52(50,51)24-15-13-23(14-16-24)35(37,38)39)26(19-21)40-28(46)20-45-27(18-12-22-9-7-6-8-10-22)29(36)41-30(32(45)48)42-33(49)43-34(2,3)4/h5,11,13-17,19,22H,1,6-10,12,18,20H2,2-4H3,(H,40,46)(H,44,47)(H2,41,42,43,49). The van der Waals surface area contributed by atoms with E-state index in [1.165, 1.54) is 24.3 Å². The maximum Gasteiger partial charge on any atom is 0.416 e. The molecule has 12 nitrogen and oxygen atoms in total. The van der Waals surface area contributed by atoms with E-state index in [-0.39, 0.29) is 22.1 Å². The van der Waals surface area contributed by atoms with E-state index in [1.54, 1.807) is 20.8 Å². The molecule has 0 atom stereocenters. The van der Waals surface area contributed by atoms with Crippen molar-refractivity contribution in [3.63, 3.8) is 0 Å². The molecule has 4 N–H and O–H groups in total. The summed E-state index contributed by atoms with van der Waals surface area (Å²) in [5, 5.41) is 7.52. The topological polar surface area (TPSA) is 168 Å². The van der Waals surface area contributed by atoms with Gasteiger partial charge in [0.15, 0.2) is 5.15 Å². The maximum atomic E-state index is 13.7. The van der Waals surface area contributed by atoms with E-state index >= 15 is 0 Å². The van der Waals surface area contributed by atoms with Crippen molar-refractivity contribution in [2.45, 2.75) is 88.9 Å². The van der Waals surface area contributed by atoms with Gasteiger partial charge in [-0.1, -0.05) is 62.4 Å². The van der Waals surface area contributed by atoms with E-state index in [1.807, 2.05) is 4.72 Å². The highest BCUT2D eigenvalue weighted by atomic mass is 35.5. The second-order valence-corrected chi connectivity index (χ2v) is 15.5. The minimum atomic E-state index is -4.70. The zero-order valence-corrected chi connectivity index (χ0v) is 30.4. The van der Waals surface area contributed by atoms with E-state index in [9.17, 15) is 40.8 Å². The van der Waals surface area contributed by atoms with Gasteiger partial charge in [0.1, 0.15) is 6.54 Å². The van der Waals surface area contributed by atoms with Gasteiger partial charge in [0.2, 0.25) is 11.7 Å². The molecule has 0 spiro atoms. The first-order chi connectivity index (χ1) is 24.3. The zero-order valence-electron chi connectivity index (χ0n) is 28.8. The Labute approximate surface area is 304 Å². The summed E-state index contributed by atoms with van der Waals surface area (Å²) in [6.45, 7) is 8.26. The van der Waals surface area contributed by atoms with Crippen molar-refractivity contribution in [2.24, 2.45) is 5.92 Å². The number of urea groups is 1. The van der Waals surface area contributed by atoms with Gasteiger partial charge in [-0.05, 0) is 81.5 Å². The molecule has 0 saturated heterocycles. The van der Waals surface area contributed by atoms with Gasteiger partial charge in [-0.2, -0.15) is 13.2 Å². The summed E-state index contributed by atoms with van der Waals surface area (Å²) in [6.07, 6.45) is 3.05. The molecule has 52 heavy (non-hydrogen) atoms. The molecule has 0 bridgehead atoms. The van der Waals surface area contributed by atoms with Crippen molar-refractivity contribution >= 4 is 57.1 Å². The Morgan fingerprint density at radius 2 is 1.67 bits per heavy atom. The average Bonchev–Trinajstić information content (AvgIpc) is 3.05. The van der Waals surface area contributed by atoms with Crippen LogP contribution in [0.15, 0.2) is 58.7 Å². The zero-order chi connectivity index (χ0) is 38.4. The average molecular weight is 765 g/mol. The third-order valence-electron chi connectivity index (χ3n) is 8.28. The normalized spacial score (nSPS) is 14.0. The lowest BCUT2D eigenvalue weighted by Gasteiger charge is -2.23. The summed E-state index contributed by atoms with van der Waals surface area (Å²) in [5.41, 5.74) is -2.28. The van der Waals surface area contributed by atoms with E-state index in [0.29, 0.717) is 48.6 Å². The van der Waals surface area contributed by atoms with E-state index < -0.39 is 68.0 Å². The van der Waals surface area contributed by atoms with Crippen molar-refractivity contribution in [2.75, 3.05) is 10.6 Å². The van der Waals surface area contributed by atoms with Crippen LogP contribution in [-0.4, -0.2) is 41.4 Å². The van der Waals surface area contributed by atoms with Gasteiger partial charge in [0, 0.05) is 5.54 Å². The summed E-state index contributed by atoms with van der Waals surface area (Å²) in [5.74, 6) is -2.03. The maximum absolute atomic E-state index is 13.7. The third-order valence-corrected chi connectivity index (χ3v) is 9.92. The summed E-state index contributed by atoms with van der Waals surface area (Å²) >= 11 is 6.58. The van der Waals surface area contributed by atoms with Crippen molar-refractivity contribution < 1.29 is 36.0 Å². The molecular weight excluding hydrogens is 725 g/mol. The van der Waals surface area contributed by atoms with Crippen LogP contribution in [0.2, 0.25) is 5.15 Å². The Balaban J connectivity index is 1.63. The van der Waals surface area contributed by atoms with E-state index in [0.717, 1.165) is 36.7 Å². The molecule has 1 aromatic heterocycles. The number of hydrogen-bond donors (Lipinski definition) is 4. The van der Waals surface area contributed by atoms with Gasteiger partial charge in [-0.15, -0.1) is 0 Å². The molecule has 0 aliphatic heterocycles. The molecule has 1 aliphatic rings. The Morgan fingerprint density at radius 1 is 1.02 bits per heavy atom. The molecular formula is C35H40ClF3N6O6S. The van der Waals surface area contributed by atoms with Crippen LogP contribution >= 0.6 is 11.6 Å². The first-order valence-corrected chi connectivity index (χ1v) is 18.3. The van der Waals surface area contributed by atoms with E-state index in [4.69, 9.17) is 11.6 Å². The summed E-state index contributed by atoms with van der Waals surface area (Å²) in [4.78, 5) is 56.8. The number of amides is 4. The fraction of sp³-hybridized carbons (Fsp3) is 0.400. The molecule has 0 unspecified atom stereocenters. The van der Waals surface area contributed by atoms with Gasteiger partial charge in [0.25, 0.3) is 21.5 Å². The molecule has 1 aliphatic carbocycles. The summed E-state index contributed by atoms with van der Waals surface area (Å²) in [6, 6.07) is 5.84. The van der Waals surface area contributed by atoms with Gasteiger partial charge in [-0.3, -0.25) is 24.3 Å². The Kier molecular flexibility index (Phi) is 12.6. The molecule has 1 fully saturated rings. The van der Waals surface area contributed by atoms with Gasteiger partial charge in [-0.25, -0.2) is 22.9 Å². The highest BCUT2D eigenvalue weighted by Crippen LogP contribution is 2.31. The fourth-order valence-corrected chi connectivity index (χ4v) is 6.98. The Hall–Kier alpha value is -4.70. The molecule has 1 heterocycles. The van der Waals surface area contributed by atoms with Gasteiger partial charge >= 0.3 is 12.2 Å². The van der Waals surface area contributed by atoms with Gasteiger partial charge < -0.3 is 10.6 Å². The van der Waals surface area contributed by atoms with Gasteiger partial charge in [0.05, 0.1) is 27.4 Å². The van der Waals surface area contributed by atoms with Crippen molar-refractivity contribution in [3.8, 4) is 0 Å². The number of rotatable bonds is 11. The van der Waals surface area contributed by atoms with Crippen LogP contribution in [0.1, 0.15) is 86.5 Å². The second kappa shape index (κ2) is 16.3. The number of carbonyl (C=O) groups is 3. The lowest BCUT2D eigenvalue weighted by Crippen LogP contribution is -2.44. The molecule has 17 heteroatoms. The Bertz CT molecular complexity index is 2000. The molecule has 4 amide bonds. The third kappa shape index (κ3) is 10.7. The first kappa shape index (κ1) is 40.1. The number of nitrogens with zero attached hydrogens (tertiary/aromatic N) is 2. The number of hydrogen-bond acceptors (Lipinski definition) is 7. The smallest absolute Gasteiger partial charge is 0.333 e. The van der Waals surface area contributed by atoms with Crippen LogP contribution < -0.4 is 26.2 Å². The number of carbonyl (C=O) groups excluding carboxylic acids is 3. The predicted molar refractivity (Wildman–Crippen MR) is 192 cm³/mol. The first-order valence-electron chi connectivity index (χ1n) is 16.5. The molecule has 2 aromatic carbocycles. The van der Waals surface area contributed by atoms with Crippen molar-refractivity contribution in [1.29, 1.82) is 0 Å². The predicted octanol–water partition coefficient (Wildman–Crippen LogP) is 6.75. The SMILES string of the molecule is C=Cc1ccc(C(=O)NS(=O)(=O)c2ccc(C(F)(F)F)cc2)c(NC(=O)Cn2c(CCC3CCCCC3)c(Cl)nc(NC(=O)NC(C)(C)C)c2=O)c1. The Morgan fingerprint density at radius 3 is 2.27 bits per heavy atom. The summed E-state index contributed by atoms with van der Waals surface area (Å²) < 4.78 is 67.8.